The van der Waals surface area contributed by atoms with Gasteiger partial charge in [-0.05, 0) is 24.1 Å². The highest BCUT2D eigenvalue weighted by molar-refractivity contribution is 5.40. The van der Waals surface area contributed by atoms with Gasteiger partial charge in [0.2, 0.25) is 0 Å². The van der Waals surface area contributed by atoms with Crippen molar-refractivity contribution in [3.63, 3.8) is 0 Å². The number of rotatable bonds is 2. The van der Waals surface area contributed by atoms with Gasteiger partial charge in [-0.15, -0.1) is 0 Å². The summed E-state index contributed by atoms with van der Waals surface area (Å²) in [6, 6.07) is 7.48. The van der Waals surface area contributed by atoms with Crippen molar-refractivity contribution in [1.29, 1.82) is 0 Å². The quantitative estimate of drug-likeness (QED) is 0.747. The standard InChI is InChI=1S/C13H16O2/c1-10(2)13(14)8-7-11-5-4-6-12(9-11)15-3/h4-6,9-10,13-14H,1-3H3. The molecule has 0 saturated heterocycles. The molecule has 1 N–H and O–H groups in total. The third kappa shape index (κ3) is 3.65. The van der Waals surface area contributed by atoms with E-state index in [1.165, 1.54) is 0 Å². The summed E-state index contributed by atoms with van der Waals surface area (Å²) in [6.45, 7) is 3.87. The van der Waals surface area contributed by atoms with E-state index >= 15 is 0 Å². The second kappa shape index (κ2) is 5.43. The highest BCUT2D eigenvalue weighted by atomic mass is 16.5. The Kier molecular flexibility index (Phi) is 4.20. The van der Waals surface area contributed by atoms with Gasteiger partial charge in [0.05, 0.1) is 7.11 Å². The Hall–Kier alpha value is -1.46. The van der Waals surface area contributed by atoms with Crippen molar-refractivity contribution in [3.8, 4) is 17.6 Å². The SMILES string of the molecule is COc1cccc(C#CC(O)C(C)C)c1. The second-order valence-corrected chi connectivity index (χ2v) is 3.69. The molecule has 0 amide bonds. The highest BCUT2D eigenvalue weighted by Crippen LogP contribution is 2.11. The minimum absolute atomic E-state index is 0.156. The van der Waals surface area contributed by atoms with Crippen LogP contribution in [0.15, 0.2) is 24.3 Å². The summed E-state index contributed by atoms with van der Waals surface area (Å²) in [5, 5.41) is 9.51. The highest BCUT2D eigenvalue weighted by Gasteiger charge is 2.03. The van der Waals surface area contributed by atoms with Crippen molar-refractivity contribution in [1.82, 2.24) is 0 Å². The van der Waals surface area contributed by atoms with Gasteiger partial charge in [0, 0.05) is 5.56 Å². The fourth-order valence-electron chi connectivity index (χ4n) is 1.02. The van der Waals surface area contributed by atoms with Crippen LogP contribution in [0.1, 0.15) is 19.4 Å². The Balaban J connectivity index is 2.79. The first-order chi connectivity index (χ1) is 7.13. The molecule has 0 fully saturated rings. The van der Waals surface area contributed by atoms with Crippen molar-refractivity contribution in [2.45, 2.75) is 20.0 Å². The van der Waals surface area contributed by atoms with Gasteiger partial charge < -0.3 is 9.84 Å². The molecule has 0 aliphatic heterocycles. The number of benzene rings is 1. The molecular formula is C13H16O2. The van der Waals surface area contributed by atoms with Crippen molar-refractivity contribution >= 4 is 0 Å². The van der Waals surface area contributed by atoms with Crippen LogP contribution >= 0.6 is 0 Å². The van der Waals surface area contributed by atoms with Crippen LogP contribution in [0.5, 0.6) is 5.75 Å². The van der Waals surface area contributed by atoms with E-state index in [4.69, 9.17) is 4.74 Å². The summed E-state index contributed by atoms with van der Waals surface area (Å²) < 4.78 is 5.08. The lowest BCUT2D eigenvalue weighted by molar-refractivity contribution is 0.181. The van der Waals surface area contributed by atoms with Crippen LogP contribution < -0.4 is 4.74 Å². The smallest absolute Gasteiger partial charge is 0.120 e. The average Bonchev–Trinajstić information content (AvgIpc) is 2.26. The number of methoxy groups -OCH3 is 1. The predicted octanol–water partition coefficient (Wildman–Crippen LogP) is 2.06. The average molecular weight is 204 g/mol. The number of aliphatic hydroxyl groups excluding tert-OH is 1. The molecule has 2 heteroatoms. The van der Waals surface area contributed by atoms with Crippen LogP contribution in [-0.4, -0.2) is 18.3 Å². The lowest BCUT2D eigenvalue weighted by atomic mass is 10.1. The lowest BCUT2D eigenvalue weighted by Gasteiger charge is -2.05. The fourth-order valence-corrected chi connectivity index (χ4v) is 1.02. The predicted molar refractivity (Wildman–Crippen MR) is 60.7 cm³/mol. The van der Waals surface area contributed by atoms with Crippen LogP contribution in [-0.2, 0) is 0 Å². The van der Waals surface area contributed by atoms with E-state index in [1.54, 1.807) is 7.11 Å². The third-order valence-electron chi connectivity index (χ3n) is 2.07. The Labute approximate surface area is 90.9 Å². The molecule has 2 nitrogen and oxygen atoms in total. The zero-order valence-electron chi connectivity index (χ0n) is 9.32. The molecule has 0 bridgehead atoms. The maximum Gasteiger partial charge on any atom is 0.120 e. The van der Waals surface area contributed by atoms with Crippen LogP contribution in [0.4, 0.5) is 0 Å². The zero-order chi connectivity index (χ0) is 11.3. The van der Waals surface area contributed by atoms with Crippen LogP contribution in [0, 0.1) is 17.8 Å². The number of hydrogen-bond acceptors (Lipinski definition) is 2. The summed E-state index contributed by atoms with van der Waals surface area (Å²) in [4.78, 5) is 0. The number of ether oxygens (including phenoxy) is 1. The van der Waals surface area contributed by atoms with Crippen LogP contribution in [0.3, 0.4) is 0 Å². The lowest BCUT2D eigenvalue weighted by Crippen LogP contribution is -2.11. The molecule has 0 aliphatic carbocycles. The van der Waals surface area contributed by atoms with E-state index in [1.807, 2.05) is 38.1 Å². The topological polar surface area (TPSA) is 29.5 Å². The van der Waals surface area contributed by atoms with Crippen molar-refractivity contribution < 1.29 is 9.84 Å². The Bertz CT molecular complexity index is 372. The van der Waals surface area contributed by atoms with Gasteiger partial charge in [-0.3, -0.25) is 0 Å². The Morgan fingerprint density at radius 3 is 2.67 bits per heavy atom. The van der Waals surface area contributed by atoms with Gasteiger partial charge in [0.1, 0.15) is 11.9 Å². The fraction of sp³-hybridized carbons (Fsp3) is 0.385. The largest absolute Gasteiger partial charge is 0.497 e. The summed E-state index contributed by atoms with van der Waals surface area (Å²) in [5.74, 6) is 6.65. The molecule has 0 aromatic heterocycles. The van der Waals surface area contributed by atoms with Gasteiger partial charge in [-0.1, -0.05) is 31.8 Å². The molecule has 0 heterocycles. The molecule has 0 spiro atoms. The van der Waals surface area contributed by atoms with Gasteiger partial charge in [0.15, 0.2) is 0 Å². The first-order valence-electron chi connectivity index (χ1n) is 4.97. The van der Waals surface area contributed by atoms with E-state index in [-0.39, 0.29) is 5.92 Å². The van der Waals surface area contributed by atoms with Gasteiger partial charge >= 0.3 is 0 Å². The maximum atomic E-state index is 9.51. The van der Waals surface area contributed by atoms with E-state index in [0.717, 1.165) is 11.3 Å². The third-order valence-corrected chi connectivity index (χ3v) is 2.07. The molecule has 0 radical (unpaired) electrons. The first kappa shape index (κ1) is 11.6. The zero-order valence-corrected chi connectivity index (χ0v) is 9.32. The Morgan fingerprint density at radius 2 is 2.07 bits per heavy atom. The van der Waals surface area contributed by atoms with Crippen LogP contribution in [0.25, 0.3) is 0 Å². The van der Waals surface area contributed by atoms with Gasteiger partial charge in [-0.2, -0.15) is 0 Å². The van der Waals surface area contributed by atoms with E-state index in [2.05, 4.69) is 11.8 Å². The van der Waals surface area contributed by atoms with Gasteiger partial charge in [-0.25, -0.2) is 0 Å². The molecule has 1 aromatic carbocycles. The van der Waals surface area contributed by atoms with Crippen molar-refractivity contribution in [3.05, 3.63) is 29.8 Å². The molecule has 1 aromatic rings. The molecule has 15 heavy (non-hydrogen) atoms. The summed E-state index contributed by atoms with van der Waals surface area (Å²) in [6.07, 6.45) is -0.573. The van der Waals surface area contributed by atoms with E-state index < -0.39 is 6.10 Å². The first-order valence-corrected chi connectivity index (χ1v) is 4.97. The number of aliphatic hydroxyl groups is 1. The molecule has 1 atom stereocenters. The monoisotopic (exact) mass is 204 g/mol. The molecule has 0 saturated carbocycles. The molecule has 1 unspecified atom stereocenters. The summed E-state index contributed by atoms with van der Waals surface area (Å²) in [7, 11) is 1.62. The molecule has 1 rings (SSSR count). The van der Waals surface area contributed by atoms with Crippen LogP contribution in [0.2, 0.25) is 0 Å². The van der Waals surface area contributed by atoms with Gasteiger partial charge in [0.25, 0.3) is 0 Å². The molecule has 0 aliphatic rings. The summed E-state index contributed by atoms with van der Waals surface area (Å²) >= 11 is 0. The molecule has 80 valence electrons. The number of hydrogen-bond donors (Lipinski definition) is 1. The molecular weight excluding hydrogens is 188 g/mol. The van der Waals surface area contributed by atoms with Crippen molar-refractivity contribution in [2.24, 2.45) is 5.92 Å². The van der Waals surface area contributed by atoms with E-state index in [9.17, 15) is 5.11 Å². The second-order valence-electron chi connectivity index (χ2n) is 3.69. The van der Waals surface area contributed by atoms with Crippen molar-refractivity contribution in [2.75, 3.05) is 7.11 Å². The summed E-state index contributed by atoms with van der Waals surface area (Å²) in [5.41, 5.74) is 0.856. The Morgan fingerprint density at radius 1 is 1.33 bits per heavy atom. The minimum atomic E-state index is -0.573. The van der Waals surface area contributed by atoms with E-state index in [0.29, 0.717) is 0 Å². The normalized spacial score (nSPS) is 11.8. The minimum Gasteiger partial charge on any atom is -0.497 e. The maximum absolute atomic E-state index is 9.51.